The highest BCUT2D eigenvalue weighted by Gasteiger charge is 2.28. The lowest BCUT2D eigenvalue weighted by Gasteiger charge is -2.29. The molecule has 0 aliphatic carbocycles. The molecule has 0 unspecified atom stereocenters. The fraction of sp³-hybridized carbons (Fsp3) is 0.421. The Hall–Kier alpha value is -3.03. The van der Waals surface area contributed by atoms with Gasteiger partial charge < -0.3 is 25.7 Å². The Morgan fingerprint density at radius 1 is 0.844 bits per heavy atom. The molecule has 0 aromatic heterocycles. The number of hydrogen-bond acceptors (Lipinski definition) is 7. The summed E-state index contributed by atoms with van der Waals surface area (Å²) in [6, 6.07) is 5.10. The van der Waals surface area contributed by atoms with Crippen LogP contribution >= 0.6 is 15.9 Å². The number of carbonyl (C=O) groups is 5. The molecule has 1 rings (SSSR count). The molecule has 5 N–H and O–H groups in total. The first-order valence-corrected chi connectivity index (χ1v) is 10.4. The Bertz CT molecular complexity index is 816. The molecular weight excluding hydrogens is 494 g/mol. The van der Waals surface area contributed by atoms with Crippen molar-refractivity contribution in [3.63, 3.8) is 0 Å². The molecule has 0 radical (unpaired) electrons. The van der Waals surface area contributed by atoms with Crippen molar-refractivity contribution in [1.29, 1.82) is 0 Å². The number of rotatable bonds is 15. The average Bonchev–Trinajstić information content (AvgIpc) is 2.69. The van der Waals surface area contributed by atoms with Gasteiger partial charge in [0.1, 0.15) is 6.04 Å². The van der Waals surface area contributed by atoms with Crippen molar-refractivity contribution in [3.8, 4) is 0 Å². The molecule has 12 nitrogen and oxygen atoms in total. The number of carboxylic acids is 4. The third-order valence-corrected chi connectivity index (χ3v) is 4.78. The fourth-order valence-corrected chi connectivity index (χ4v) is 3.04. The summed E-state index contributed by atoms with van der Waals surface area (Å²) < 4.78 is 0. The number of nitrogens with zero attached hydrogens (tertiary/aromatic N) is 2. The Kier molecular flexibility index (Phi) is 11.3. The number of hydrogen-bond donors (Lipinski definition) is 5. The standard InChI is InChI=1S/C19H24BrN3O9/c20-8-15(24)21-13-3-1-12(2-4-13)7-14(19(31)32)23(11-18(29)30)6-5-22(9-16(25)26)10-17(27)28/h1-4,14H,5-11H2,(H,21,24)(H,25,26)(H,27,28)(H,29,30)(H,31,32)/t14-/m0/s1. The van der Waals surface area contributed by atoms with E-state index in [1.165, 1.54) is 0 Å². The van der Waals surface area contributed by atoms with Gasteiger partial charge in [0, 0.05) is 18.8 Å². The van der Waals surface area contributed by atoms with E-state index in [9.17, 15) is 34.2 Å². The van der Waals surface area contributed by atoms with Crippen LogP contribution in [0.15, 0.2) is 24.3 Å². The molecule has 0 fully saturated rings. The van der Waals surface area contributed by atoms with Crippen molar-refractivity contribution in [2.45, 2.75) is 12.5 Å². The molecule has 0 saturated heterocycles. The van der Waals surface area contributed by atoms with Gasteiger partial charge in [-0.25, -0.2) is 0 Å². The van der Waals surface area contributed by atoms with E-state index in [1.807, 2.05) is 0 Å². The second-order valence-electron chi connectivity index (χ2n) is 6.80. The second kappa shape index (κ2) is 13.4. The molecule has 1 aromatic carbocycles. The van der Waals surface area contributed by atoms with Crippen molar-refractivity contribution >= 4 is 51.4 Å². The lowest BCUT2D eigenvalue weighted by atomic mass is 10.0. The maximum atomic E-state index is 11.9. The summed E-state index contributed by atoms with van der Waals surface area (Å²) >= 11 is 3.02. The number of aliphatic carboxylic acids is 4. The molecule has 0 bridgehead atoms. The first-order valence-electron chi connectivity index (χ1n) is 9.31. The van der Waals surface area contributed by atoms with Gasteiger partial charge in [0.25, 0.3) is 0 Å². The third-order valence-electron chi connectivity index (χ3n) is 4.27. The van der Waals surface area contributed by atoms with Gasteiger partial charge in [-0.2, -0.15) is 0 Å². The zero-order chi connectivity index (χ0) is 24.3. The molecule has 1 atom stereocenters. The number of anilines is 1. The van der Waals surface area contributed by atoms with E-state index in [0.29, 0.717) is 11.3 Å². The molecular formula is C19H24BrN3O9. The van der Waals surface area contributed by atoms with Gasteiger partial charge in [-0.05, 0) is 24.1 Å². The lowest BCUT2D eigenvalue weighted by molar-refractivity contribution is -0.148. The quantitative estimate of drug-likeness (QED) is 0.195. The third kappa shape index (κ3) is 10.3. The van der Waals surface area contributed by atoms with Crippen LogP contribution in [0.1, 0.15) is 5.56 Å². The van der Waals surface area contributed by atoms with E-state index in [4.69, 9.17) is 10.2 Å². The number of benzene rings is 1. The van der Waals surface area contributed by atoms with Crippen LogP contribution < -0.4 is 5.32 Å². The first-order chi connectivity index (χ1) is 15.0. The maximum Gasteiger partial charge on any atom is 0.321 e. The molecule has 0 aliphatic heterocycles. The second-order valence-corrected chi connectivity index (χ2v) is 7.36. The number of alkyl halides is 1. The van der Waals surface area contributed by atoms with Crippen molar-refractivity contribution in [2.24, 2.45) is 0 Å². The predicted molar refractivity (Wildman–Crippen MR) is 115 cm³/mol. The largest absolute Gasteiger partial charge is 0.480 e. The minimum Gasteiger partial charge on any atom is -0.480 e. The first kappa shape index (κ1) is 27.0. The summed E-state index contributed by atoms with van der Waals surface area (Å²) in [5.41, 5.74) is 1.07. The highest BCUT2D eigenvalue weighted by molar-refractivity contribution is 9.09. The molecule has 1 amide bonds. The Morgan fingerprint density at radius 2 is 1.38 bits per heavy atom. The predicted octanol–water partition coefficient (Wildman–Crippen LogP) is -0.126. The van der Waals surface area contributed by atoms with Crippen LogP contribution in [0.2, 0.25) is 0 Å². The van der Waals surface area contributed by atoms with Crippen molar-refractivity contribution in [1.82, 2.24) is 9.80 Å². The SMILES string of the molecule is O=C(O)CN(CCN(CC(=O)O)[C@@H](Cc1ccc(NC(=O)CBr)cc1)C(=O)O)CC(=O)O. The van der Waals surface area contributed by atoms with Crippen molar-refractivity contribution in [3.05, 3.63) is 29.8 Å². The number of carbonyl (C=O) groups excluding carboxylic acids is 1. The minimum atomic E-state index is -1.29. The fourth-order valence-electron chi connectivity index (χ4n) is 2.90. The normalized spacial score (nSPS) is 11.8. The zero-order valence-electron chi connectivity index (χ0n) is 16.9. The Balaban J connectivity index is 2.97. The monoisotopic (exact) mass is 517 g/mol. The van der Waals surface area contributed by atoms with Gasteiger partial charge in [-0.3, -0.25) is 33.8 Å². The van der Waals surface area contributed by atoms with Crippen LogP contribution in [0.5, 0.6) is 0 Å². The number of carboxylic acid groups (broad SMARTS) is 4. The maximum absolute atomic E-state index is 11.9. The van der Waals surface area contributed by atoms with Crippen molar-refractivity contribution < 1.29 is 44.4 Å². The van der Waals surface area contributed by atoms with E-state index in [0.717, 1.165) is 9.80 Å². The molecule has 0 spiro atoms. The Labute approximate surface area is 191 Å². The van der Waals surface area contributed by atoms with Gasteiger partial charge in [-0.1, -0.05) is 28.1 Å². The van der Waals surface area contributed by atoms with Gasteiger partial charge in [0.05, 0.1) is 25.0 Å². The summed E-state index contributed by atoms with van der Waals surface area (Å²) in [5.74, 6) is -5.37. The van der Waals surface area contributed by atoms with Crippen LogP contribution in [0.3, 0.4) is 0 Å². The molecule has 176 valence electrons. The van der Waals surface area contributed by atoms with Gasteiger partial charge in [0.2, 0.25) is 5.91 Å². The number of nitrogens with one attached hydrogen (secondary N) is 1. The number of halogens is 1. The number of amides is 1. The van der Waals surface area contributed by atoms with Crippen LogP contribution in [-0.2, 0) is 30.4 Å². The topological polar surface area (TPSA) is 185 Å². The molecule has 0 heterocycles. The molecule has 32 heavy (non-hydrogen) atoms. The van der Waals surface area contributed by atoms with E-state index in [2.05, 4.69) is 21.2 Å². The van der Waals surface area contributed by atoms with E-state index >= 15 is 0 Å². The summed E-state index contributed by atoms with van der Waals surface area (Å²) in [6.45, 7) is -2.15. The highest BCUT2D eigenvalue weighted by atomic mass is 79.9. The van der Waals surface area contributed by atoms with E-state index in [1.54, 1.807) is 24.3 Å². The molecule has 0 saturated carbocycles. The highest BCUT2D eigenvalue weighted by Crippen LogP contribution is 2.14. The van der Waals surface area contributed by atoms with Crippen LogP contribution in [0, 0.1) is 0 Å². The van der Waals surface area contributed by atoms with Crippen LogP contribution in [-0.4, -0.2) is 104 Å². The summed E-state index contributed by atoms with van der Waals surface area (Å²) in [4.78, 5) is 58.7. The lowest BCUT2D eigenvalue weighted by Crippen LogP contribution is -2.49. The summed E-state index contributed by atoms with van der Waals surface area (Å²) in [7, 11) is 0. The summed E-state index contributed by atoms with van der Waals surface area (Å²) in [5, 5.41) is 39.5. The van der Waals surface area contributed by atoms with Gasteiger partial charge in [0.15, 0.2) is 0 Å². The van der Waals surface area contributed by atoms with E-state index < -0.39 is 49.6 Å². The zero-order valence-corrected chi connectivity index (χ0v) is 18.5. The summed E-state index contributed by atoms with van der Waals surface area (Å²) in [6.07, 6.45) is -0.0624. The van der Waals surface area contributed by atoms with Gasteiger partial charge >= 0.3 is 23.9 Å². The van der Waals surface area contributed by atoms with Crippen molar-refractivity contribution in [2.75, 3.05) is 43.4 Å². The smallest absolute Gasteiger partial charge is 0.321 e. The minimum absolute atomic E-state index is 0.0624. The van der Waals surface area contributed by atoms with Crippen LogP contribution in [0.4, 0.5) is 5.69 Å². The molecule has 0 aliphatic rings. The average molecular weight is 518 g/mol. The van der Waals surface area contributed by atoms with Crippen LogP contribution in [0.25, 0.3) is 0 Å². The molecule has 1 aromatic rings. The Morgan fingerprint density at radius 3 is 1.81 bits per heavy atom. The van der Waals surface area contributed by atoms with E-state index in [-0.39, 0.29) is 30.7 Å². The van der Waals surface area contributed by atoms with Gasteiger partial charge in [-0.15, -0.1) is 0 Å². The molecule has 13 heteroatoms.